The largest absolute Gasteiger partial charge is 0.275 e. The number of hydrogen-bond acceptors (Lipinski definition) is 2. The minimum atomic E-state index is -3.95. The van der Waals surface area contributed by atoms with Crippen molar-refractivity contribution in [2.75, 3.05) is 4.72 Å². The number of rotatable bonds is 3. The average molecular weight is 409 g/mol. The maximum atomic E-state index is 13.6. The Morgan fingerprint density at radius 1 is 1.00 bits per heavy atom. The standard InChI is InChI=1S/C13H10F2INO2S/c1-8-2-4-9(5-3-8)20(18,19)17-13-11(15)7-6-10(14)12(13)16/h2-7,17H,1H3. The van der Waals surface area contributed by atoms with Crippen LogP contribution in [0.2, 0.25) is 0 Å². The lowest BCUT2D eigenvalue weighted by Gasteiger charge is -2.11. The van der Waals surface area contributed by atoms with Gasteiger partial charge in [0.15, 0.2) is 0 Å². The molecule has 20 heavy (non-hydrogen) atoms. The van der Waals surface area contributed by atoms with Gasteiger partial charge in [-0.1, -0.05) is 17.7 Å². The summed E-state index contributed by atoms with van der Waals surface area (Å²) in [7, 11) is -3.95. The fourth-order valence-corrected chi connectivity index (χ4v) is 3.37. The van der Waals surface area contributed by atoms with Crippen LogP contribution in [0.4, 0.5) is 14.5 Å². The van der Waals surface area contributed by atoms with Gasteiger partial charge in [-0.05, 0) is 53.8 Å². The fourth-order valence-electron chi connectivity index (χ4n) is 1.53. The summed E-state index contributed by atoms with van der Waals surface area (Å²) in [6.45, 7) is 1.82. The van der Waals surface area contributed by atoms with Gasteiger partial charge in [0.25, 0.3) is 10.0 Å². The van der Waals surface area contributed by atoms with Gasteiger partial charge in [0.2, 0.25) is 0 Å². The van der Waals surface area contributed by atoms with Gasteiger partial charge in [0, 0.05) is 0 Å². The van der Waals surface area contributed by atoms with Crippen LogP contribution >= 0.6 is 22.6 Å². The molecule has 0 radical (unpaired) electrons. The Morgan fingerprint density at radius 2 is 1.55 bits per heavy atom. The molecule has 1 N–H and O–H groups in total. The van der Waals surface area contributed by atoms with Crippen LogP contribution < -0.4 is 4.72 Å². The molecule has 0 bridgehead atoms. The smallest absolute Gasteiger partial charge is 0.262 e. The van der Waals surface area contributed by atoms with Crippen molar-refractivity contribution in [3.8, 4) is 0 Å². The molecule has 7 heteroatoms. The Balaban J connectivity index is 2.43. The number of anilines is 1. The van der Waals surface area contributed by atoms with E-state index >= 15 is 0 Å². The van der Waals surface area contributed by atoms with E-state index in [0.717, 1.165) is 17.7 Å². The first-order chi connectivity index (χ1) is 9.31. The van der Waals surface area contributed by atoms with Gasteiger partial charge in [0.1, 0.15) is 17.3 Å². The molecule has 3 nitrogen and oxygen atoms in total. The lowest BCUT2D eigenvalue weighted by Crippen LogP contribution is -2.15. The Labute approximate surface area is 129 Å². The third-order valence-corrected chi connectivity index (χ3v) is 5.03. The molecule has 0 aliphatic heterocycles. The third kappa shape index (κ3) is 3.09. The van der Waals surface area contributed by atoms with Crippen molar-refractivity contribution in [1.82, 2.24) is 0 Å². The van der Waals surface area contributed by atoms with E-state index in [9.17, 15) is 17.2 Å². The quantitative estimate of drug-likeness (QED) is 0.621. The SMILES string of the molecule is Cc1ccc(S(=O)(=O)Nc2c(F)ccc(F)c2I)cc1. The van der Waals surface area contributed by atoms with Crippen molar-refractivity contribution >= 4 is 38.3 Å². The van der Waals surface area contributed by atoms with Crippen molar-refractivity contribution in [2.45, 2.75) is 11.8 Å². The van der Waals surface area contributed by atoms with Gasteiger partial charge in [0.05, 0.1) is 8.47 Å². The molecule has 0 aromatic heterocycles. The summed E-state index contributed by atoms with van der Waals surface area (Å²) in [5, 5.41) is 0. The zero-order chi connectivity index (χ0) is 14.9. The highest BCUT2D eigenvalue weighted by Gasteiger charge is 2.19. The van der Waals surface area contributed by atoms with Gasteiger partial charge in [-0.15, -0.1) is 0 Å². The second-order valence-electron chi connectivity index (χ2n) is 4.14. The van der Waals surface area contributed by atoms with E-state index in [1.807, 2.05) is 6.92 Å². The fraction of sp³-hybridized carbons (Fsp3) is 0.0769. The molecule has 2 aromatic rings. The Kier molecular flexibility index (Phi) is 4.28. The van der Waals surface area contributed by atoms with Crippen LogP contribution in [-0.4, -0.2) is 8.42 Å². The maximum Gasteiger partial charge on any atom is 0.262 e. The first-order valence-electron chi connectivity index (χ1n) is 5.54. The molecular weight excluding hydrogens is 399 g/mol. The molecule has 0 saturated heterocycles. The first-order valence-corrected chi connectivity index (χ1v) is 8.10. The van der Waals surface area contributed by atoms with Crippen LogP contribution in [0.25, 0.3) is 0 Å². The van der Waals surface area contributed by atoms with Crippen molar-refractivity contribution in [3.63, 3.8) is 0 Å². The molecule has 0 aliphatic carbocycles. The number of sulfonamides is 1. The summed E-state index contributed by atoms with van der Waals surface area (Å²) in [6.07, 6.45) is 0. The summed E-state index contributed by atoms with van der Waals surface area (Å²) >= 11 is 1.55. The first kappa shape index (κ1) is 15.2. The summed E-state index contributed by atoms with van der Waals surface area (Å²) in [5.41, 5.74) is 0.515. The van der Waals surface area contributed by atoms with Crippen LogP contribution in [0.5, 0.6) is 0 Å². The molecule has 0 amide bonds. The van der Waals surface area contributed by atoms with Gasteiger partial charge >= 0.3 is 0 Å². The van der Waals surface area contributed by atoms with E-state index in [-0.39, 0.29) is 14.2 Å². The Bertz CT molecular complexity index is 746. The molecule has 2 aromatic carbocycles. The molecule has 0 unspecified atom stereocenters. The van der Waals surface area contributed by atoms with Gasteiger partial charge in [-0.2, -0.15) is 0 Å². The number of hydrogen-bond donors (Lipinski definition) is 1. The number of nitrogens with one attached hydrogen (secondary N) is 1. The second kappa shape index (κ2) is 5.65. The van der Waals surface area contributed by atoms with Crippen LogP contribution in [0.15, 0.2) is 41.3 Å². The summed E-state index contributed by atoms with van der Waals surface area (Å²) in [6, 6.07) is 7.89. The van der Waals surface area contributed by atoms with E-state index in [4.69, 9.17) is 0 Å². The maximum absolute atomic E-state index is 13.6. The zero-order valence-corrected chi connectivity index (χ0v) is 13.3. The second-order valence-corrected chi connectivity index (χ2v) is 6.90. The third-order valence-electron chi connectivity index (χ3n) is 2.61. The normalized spacial score (nSPS) is 11.4. The molecule has 2 rings (SSSR count). The molecule has 0 atom stereocenters. The van der Waals surface area contributed by atoms with Gasteiger partial charge in [-0.3, -0.25) is 4.72 Å². The topological polar surface area (TPSA) is 46.2 Å². The highest BCUT2D eigenvalue weighted by molar-refractivity contribution is 14.1. The monoisotopic (exact) mass is 409 g/mol. The van der Waals surface area contributed by atoms with Crippen molar-refractivity contribution in [1.29, 1.82) is 0 Å². The molecule has 0 heterocycles. The van der Waals surface area contributed by atoms with E-state index in [1.54, 1.807) is 34.7 Å². The minimum absolute atomic E-state index is 0.0115. The molecule has 0 fully saturated rings. The Morgan fingerprint density at radius 3 is 2.15 bits per heavy atom. The predicted octanol–water partition coefficient (Wildman–Crippen LogP) is 3.68. The van der Waals surface area contributed by atoms with Crippen LogP contribution in [0.1, 0.15) is 5.56 Å². The molecular formula is C13H10F2INO2S. The predicted molar refractivity (Wildman–Crippen MR) is 81.1 cm³/mol. The zero-order valence-electron chi connectivity index (χ0n) is 10.3. The van der Waals surface area contributed by atoms with E-state index in [1.165, 1.54) is 12.1 Å². The summed E-state index contributed by atoms with van der Waals surface area (Å²) in [4.78, 5) is -0.0115. The van der Waals surface area contributed by atoms with Crippen molar-refractivity contribution in [3.05, 3.63) is 57.2 Å². The lowest BCUT2D eigenvalue weighted by molar-refractivity contribution is 0.591. The van der Waals surface area contributed by atoms with Gasteiger partial charge < -0.3 is 0 Å². The number of halogens is 3. The van der Waals surface area contributed by atoms with Crippen molar-refractivity contribution < 1.29 is 17.2 Å². The van der Waals surface area contributed by atoms with Crippen molar-refractivity contribution in [2.24, 2.45) is 0 Å². The van der Waals surface area contributed by atoms with E-state index < -0.39 is 21.7 Å². The number of benzene rings is 2. The molecule has 0 aliphatic rings. The summed E-state index contributed by atoms with van der Waals surface area (Å²) in [5.74, 6) is -1.51. The van der Waals surface area contributed by atoms with E-state index in [2.05, 4.69) is 4.72 Å². The molecule has 106 valence electrons. The summed E-state index contributed by atoms with van der Waals surface area (Å²) < 4.78 is 53.2. The highest BCUT2D eigenvalue weighted by atomic mass is 127. The number of aryl methyl sites for hydroxylation is 1. The van der Waals surface area contributed by atoms with Crippen LogP contribution in [-0.2, 0) is 10.0 Å². The Hall–Kier alpha value is -1.22. The molecule has 0 saturated carbocycles. The highest BCUT2D eigenvalue weighted by Crippen LogP contribution is 2.27. The van der Waals surface area contributed by atoms with Gasteiger partial charge in [-0.25, -0.2) is 17.2 Å². The van der Waals surface area contributed by atoms with Crippen LogP contribution in [0, 0.1) is 22.1 Å². The lowest BCUT2D eigenvalue weighted by atomic mass is 10.2. The average Bonchev–Trinajstić information content (AvgIpc) is 2.40. The molecule has 0 spiro atoms. The van der Waals surface area contributed by atoms with E-state index in [0.29, 0.717) is 0 Å². The van der Waals surface area contributed by atoms with Crippen LogP contribution in [0.3, 0.4) is 0 Å². The minimum Gasteiger partial charge on any atom is -0.275 e.